The van der Waals surface area contributed by atoms with Crippen LogP contribution in [0, 0.1) is 5.92 Å². The van der Waals surface area contributed by atoms with Crippen molar-refractivity contribution in [3.8, 4) is 28.1 Å². The number of aliphatic imine (C=N–C) groups is 1. The number of carbonyl (C=O) groups excluding carboxylic acids is 2. The maximum Gasteiger partial charge on any atom is 0.280 e. The molecule has 204 valence electrons. The third-order valence-corrected chi connectivity index (χ3v) is 7.04. The van der Waals surface area contributed by atoms with Crippen molar-refractivity contribution < 1.29 is 18.7 Å². The lowest BCUT2D eigenvalue weighted by atomic mass is 9.84. The minimum atomic E-state index is -0.821. The van der Waals surface area contributed by atoms with E-state index in [1.54, 1.807) is 37.3 Å². The molecule has 0 bridgehead atoms. The highest BCUT2D eigenvalue weighted by atomic mass is 19.1. The Hall–Kier alpha value is -4.86. The fourth-order valence-corrected chi connectivity index (χ4v) is 4.82. The number of aromatic nitrogens is 3. The first-order valence-electron chi connectivity index (χ1n) is 12.7. The van der Waals surface area contributed by atoms with Gasteiger partial charge >= 0.3 is 0 Å². The van der Waals surface area contributed by atoms with Crippen LogP contribution in [0.25, 0.3) is 33.4 Å². The van der Waals surface area contributed by atoms with Crippen LogP contribution in [0.1, 0.15) is 30.1 Å². The first-order valence-corrected chi connectivity index (χ1v) is 12.7. The number of amides is 2. The summed E-state index contributed by atoms with van der Waals surface area (Å²) in [5, 5.41) is 3.47. The number of hydrogen-bond acceptors (Lipinski definition) is 6. The second-order valence-electron chi connectivity index (χ2n) is 9.88. The second kappa shape index (κ2) is 10.7. The van der Waals surface area contributed by atoms with E-state index in [4.69, 9.17) is 10.5 Å². The van der Waals surface area contributed by atoms with Gasteiger partial charge in [-0.25, -0.2) is 19.4 Å². The molecule has 0 atom stereocenters. The second-order valence-corrected chi connectivity index (χ2v) is 9.88. The number of anilines is 2. The van der Waals surface area contributed by atoms with Crippen molar-refractivity contribution in [3.63, 3.8) is 0 Å². The van der Waals surface area contributed by atoms with Crippen LogP contribution < -0.4 is 15.8 Å². The van der Waals surface area contributed by atoms with Crippen molar-refractivity contribution in [3.05, 3.63) is 66.5 Å². The lowest BCUT2D eigenvalue weighted by Crippen LogP contribution is -2.26. The molecule has 0 unspecified atom stereocenters. The van der Waals surface area contributed by atoms with Gasteiger partial charge in [0.2, 0.25) is 0 Å². The average Bonchev–Trinajstić information content (AvgIpc) is 3.23. The molecular weight excluding hydrogens is 511 g/mol. The van der Waals surface area contributed by atoms with Gasteiger partial charge in [0.05, 0.1) is 23.8 Å². The van der Waals surface area contributed by atoms with E-state index in [0.717, 1.165) is 22.4 Å². The number of nitrogen functional groups attached to an aromatic ring is 1. The molecule has 1 fully saturated rings. The Morgan fingerprint density at radius 3 is 2.52 bits per heavy atom. The third kappa shape index (κ3) is 4.95. The van der Waals surface area contributed by atoms with E-state index >= 15 is 0 Å². The molecule has 0 spiro atoms. The summed E-state index contributed by atoms with van der Waals surface area (Å²) in [5.74, 6) is -0.0908. The van der Waals surface area contributed by atoms with Crippen LogP contribution in [0.2, 0.25) is 0 Å². The molecule has 4 aromatic rings. The molecule has 9 nitrogen and oxygen atoms in total. The zero-order chi connectivity index (χ0) is 28.6. The van der Waals surface area contributed by atoms with Gasteiger partial charge in [0.15, 0.2) is 0 Å². The fourth-order valence-electron chi connectivity index (χ4n) is 4.82. The van der Waals surface area contributed by atoms with Crippen molar-refractivity contribution in [2.45, 2.75) is 25.9 Å². The van der Waals surface area contributed by atoms with E-state index in [9.17, 15) is 14.0 Å². The first kappa shape index (κ1) is 26.7. The molecule has 40 heavy (non-hydrogen) atoms. The number of nitrogens with one attached hydrogen (secondary N) is 1. The summed E-state index contributed by atoms with van der Waals surface area (Å²) in [6.45, 7) is 5.32. The Bertz CT molecular complexity index is 1670. The highest BCUT2D eigenvalue weighted by molar-refractivity contribution is 6.09. The Morgan fingerprint density at radius 2 is 1.88 bits per heavy atom. The van der Waals surface area contributed by atoms with Gasteiger partial charge < -0.3 is 20.4 Å². The molecule has 0 saturated heterocycles. The SMILES string of the molecule is C=C(C)C(=O)Nc1ccc(-c2c(-c3ccc(C(=O)N=CC4CC(F)C4)c(OC)c3)c3c(N)ncnc3n2C)cc1. The predicted molar refractivity (Wildman–Crippen MR) is 154 cm³/mol. The van der Waals surface area contributed by atoms with E-state index in [1.165, 1.54) is 19.7 Å². The zero-order valence-corrected chi connectivity index (χ0v) is 22.4. The number of fused-ring (bicyclic) bond motifs is 1. The van der Waals surface area contributed by atoms with Crippen LogP contribution in [-0.2, 0) is 11.8 Å². The maximum atomic E-state index is 13.1. The van der Waals surface area contributed by atoms with Gasteiger partial charge in [-0.05, 0) is 61.1 Å². The number of aryl methyl sites for hydroxylation is 1. The molecule has 2 aromatic carbocycles. The molecule has 0 aliphatic heterocycles. The standard InChI is InChI=1S/C30H29FN6O3/c1-16(2)29(38)36-21-8-5-18(6-9-21)26-24(25-27(32)34-15-35-28(25)37(26)3)19-7-10-22(23(13-19)40-4)30(39)33-14-17-11-20(31)12-17/h5-10,13-15,17,20H,1,11-12H2,2-4H3,(H,36,38)(H2,32,34,35). The smallest absolute Gasteiger partial charge is 0.280 e. The number of methoxy groups -OCH3 is 1. The van der Waals surface area contributed by atoms with E-state index in [2.05, 4.69) is 26.9 Å². The van der Waals surface area contributed by atoms with Crippen LogP contribution in [0.15, 0.2) is 65.9 Å². The van der Waals surface area contributed by atoms with Gasteiger partial charge in [-0.1, -0.05) is 24.8 Å². The first-order chi connectivity index (χ1) is 19.2. The lowest BCUT2D eigenvalue weighted by molar-refractivity contribution is -0.112. The van der Waals surface area contributed by atoms with Crippen LogP contribution in [-0.4, -0.2) is 45.8 Å². The minimum absolute atomic E-state index is 0.0223. The average molecular weight is 541 g/mol. The molecule has 3 N–H and O–H groups in total. The van der Waals surface area contributed by atoms with Gasteiger partial charge in [0.25, 0.3) is 11.8 Å². The maximum absolute atomic E-state index is 13.1. The molecule has 10 heteroatoms. The Balaban J connectivity index is 1.59. The summed E-state index contributed by atoms with van der Waals surface area (Å²) < 4.78 is 20.6. The number of nitrogens with zero attached hydrogens (tertiary/aromatic N) is 4. The molecule has 1 aliphatic rings. The number of alkyl halides is 1. The Kier molecular flexibility index (Phi) is 7.17. The summed E-state index contributed by atoms with van der Waals surface area (Å²) in [6, 6.07) is 12.6. The number of nitrogens with two attached hydrogens (primary N) is 1. The van der Waals surface area contributed by atoms with Gasteiger partial charge in [-0.3, -0.25) is 9.59 Å². The summed E-state index contributed by atoms with van der Waals surface area (Å²) in [7, 11) is 3.37. The molecule has 5 rings (SSSR count). The van der Waals surface area contributed by atoms with E-state index in [1.807, 2.05) is 23.7 Å². The van der Waals surface area contributed by atoms with Gasteiger partial charge in [-0.2, -0.15) is 0 Å². The molecule has 2 amide bonds. The quantitative estimate of drug-likeness (QED) is 0.240. The van der Waals surface area contributed by atoms with E-state index in [0.29, 0.717) is 52.3 Å². The summed E-state index contributed by atoms with van der Waals surface area (Å²) >= 11 is 0. The Morgan fingerprint density at radius 1 is 1.18 bits per heavy atom. The van der Waals surface area contributed by atoms with Crippen molar-refractivity contribution in [2.24, 2.45) is 18.0 Å². The number of rotatable bonds is 7. The molecular formula is C30H29FN6O3. The molecule has 2 heterocycles. The summed E-state index contributed by atoms with van der Waals surface area (Å²) in [6.07, 6.45) is 2.89. The highest BCUT2D eigenvalue weighted by Crippen LogP contribution is 2.43. The van der Waals surface area contributed by atoms with Crippen LogP contribution in [0.5, 0.6) is 5.75 Å². The molecule has 1 saturated carbocycles. The van der Waals surface area contributed by atoms with E-state index in [-0.39, 0.29) is 11.8 Å². The molecule has 0 radical (unpaired) electrons. The summed E-state index contributed by atoms with van der Waals surface area (Å²) in [5.41, 5.74) is 11.5. The number of ether oxygens (including phenoxy) is 1. The Labute approximate surface area is 230 Å². The van der Waals surface area contributed by atoms with Gasteiger partial charge in [0.1, 0.15) is 29.7 Å². The van der Waals surface area contributed by atoms with Crippen molar-refractivity contribution in [1.29, 1.82) is 0 Å². The van der Waals surface area contributed by atoms with Crippen LogP contribution >= 0.6 is 0 Å². The monoisotopic (exact) mass is 540 g/mol. The topological polar surface area (TPSA) is 124 Å². The van der Waals surface area contributed by atoms with E-state index < -0.39 is 12.1 Å². The van der Waals surface area contributed by atoms with Crippen LogP contribution in [0.4, 0.5) is 15.9 Å². The lowest BCUT2D eigenvalue weighted by Gasteiger charge is -2.25. The predicted octanol–water partition coefficient (Wildman–Crippen LogP) is 5.37. The number of hydrogen-bond donors (Lipinski definition) is 2. The molecule has 1 aliphatic carbocycles. The normalized spacial score (nSPS) is 16.6. The zero-order valence-electron chi connectivity index (χ0n) is 22.4. The highest BCUT2D eigenvalue weighted by Gasteiger charge is 2.28. The van der Waals surface area contributed by atoms with Crippen molar-refractivity contribution in [2.75, 3.05) is 18.2 Å². The number of halogens is 1. The largest absolute Gasteiger partial charge is 0.496 e. The number of benzene rings is 2. The van der Waals surface area contributed by atoms with Gasteiger partial charge in [-0.15, -0.1) is 0 Å². The number of carbonyl (C=O) groups is 2. The molecule has 2 aromatic heterocycles. The van der Waals surface area contributed by atoms with Crippen molar-refractivity contribution >= 4 is 40.6 Å². The van der Waals surface area contributed by atoms with Crippen molar-refractivity contribution in [1.82, 2.24) is 14.5 Å². The summed E-state index contributed by atoms with van der Waals surface area (Å²) in [4.78, 5) is 37.6. The van der Waals surface area contributed by atoms with Crippen LogP contribution in [0.3, 0.4) is 0 Å². The minimum Gasteiger partial charge on any atom is -0.496 e. The third-order valence-electron chi connectivity index (χ3n) is 7.04. The van der Waals surface area contributed by atoms with Gasteiger partial charge in [0, 0.05) is 30.1 Å². The fraction of sp³-hybridized carbons (Fsp3) is 0.233.